The van der Waals surface area contributed by atoms with Gasteiger partial charge < -0.3 is 5.11 Å². The predicted molar refractivity (Wildman–Crippen MR) is 61.2 cm³/mol. The van der Waals surface area contributed by atoms with Gasteiger partial charge in [0.25, 0.3) is 0 Å². The van der Waals surface area contributed by atoms with Crippen molar-refractivity contribution in [1.29, 1.82) is 0 Å². The molecule has 0 aliphatic carbocycles. The molecule has 0 amide bonds. The molecule has 1 aliphatic heterocycles. The maximum atomic E-state index is 8.73. The van der Waals surface area contributed by atoms with Gasteiger partial charge in [-0.25, -0.2) is 4.99 Å². The van der Waals surface area contributed by atoms with Crippen LogP contribution in [0, 0.1) is 0 Å². The van der Waals surface area contributed by atoms with Gasteiger partial charge in [0.1, 0.15) is 0 Å². The summed E-state index contributed by atoms with van der Waals surface area (Å²) in [5.41, 5.74) is 2.41. The number of benzene rings is 1. The average molecular weight is 207 g/mol. The van der Waals surface area contributed by atoms with Gasteiger partial charge in [-0.2, -0.15) is 0 Å². The molecule has 1 aromatic carbocycles. The Morgan fingerprint density at radius 3 is 3.07 bits per heavy atom. The summed E-state index contributed by atoms with van der Waals surface area (Å²) < 4.78 is 0. The second-order valence-electron chi connectivity index (χ2n) is 3.25. The van der Waals surface area contributed by atoms with Gasteiger partial charge in [0.05, 0.1) is 10.7 Å². The Morgan fingerprint density at radius 1 is 1.36 bits per heavy atom. The Morgan fingerprint density at radius 2 is 2.21 bits per heavy atom. The maximum Gasteiger partial charge on any atom is 0.0742 e. The number of aliphatic hydroxyl groups is 1. The first-order valence-electron chi connectivity index (χ1n) is 4.79. The largest absolute Gasteiger partial charge is 0.396 e. The van der Waals surface area contributed by atoms with Crippen LogP contribution in [0.3, 0.4) is 0 Å². The Bertz CT molecular complexity index is 349. The fourth-order valence-corrected chi connectivity index (χ4v) is 2.45. The lowest BCUT2D eigenvalue weighted by Crippen LogP contribution is -2.00. The number of fused-ring (bicyclic) bond motifs is 1. The van der Waals surface area contributed by atoms with E-state index in [-0.39, 0.29) is 6.61 Å². The zero-order chi connectivity index (χ0) is 9.80. The highest BCUT2D eigenvalue weighted by Gasteiger charge is 2.10. The van der Waals surface area contributed by atoms with Crippen molar-refractivity contribution in [2.24, 2.45) is 4.99 Å². The van der Waals surface area contributed by atoms with Crippen molar-refractivity contribution in [3.05, 3.63) is 29.8 Å². The molecule has 0 spiro atoms. The Kier molecular flexibility index (Phi) is 3.22. The zero-order valence-corrected chi connectivity index (χ0v) is 8.76. The van der Waals surface area contributed by atoms with E-state index in [1.54, 1.807) is 11.8 Å². The van der Waals surface area contributed by atoms with E-state index in [0.717, 1.165) is 29.3 Å². The molecule has 0 radical (unpaired) electrons. The fraction of sp³-hybridized carbons (Fsp3) is 0.364. The van der Waals surface area contributed by atoms with Crippen LogP contribution in [0.4, 0.5) is 5.69 Å². The molecule has 1 aliphatic rings. The minimum Gasteiger partial charge on any atom is -0.396 e. The molecule has 14 heavy (non-hydrogen) atoms. The van der Waals surface area contributed by atoms with Gasteiger partial charge in [0.2, 0.25) is 0 Å². The Hall–Kier alpha value is -0.800. The first kappa shape index (κ1) is 9.74. The molecule has 74 valence electrons. The van der Waals surface area contributed by atoms with Crippen molar-refractivity contribution in [1.82, 2.24) is 0 Å². The van der Waals surface area contributed by atoms with Crippen LogP contribution in [0.15, 0.2) is 29.3 Å². The molecule has 1 aromatic rings. The molecule has 0 unspecified atom stereocenters. The lowest BCUT2D eigenvalue weighted by Gasteiger charge is -2.14. The highest BCUT2D eigenvalue weighted by atomic mass is 32.2. The monoisotopic (exact) mass is 207 g/mol. The summed E-state index contributed by atoms with van der Waals surface area (Å²) in [4.78, 5) is 4.55. The minimum absolute atomic E-state index is 0.251. The standard InChI is InChI=1S/C11H13NOS/c13-7-3-6-11-12-10-5-2-1-4-9(10)8-14-11/h1-2,4-5,13H,3,6-8H2. The Labute approximate surface area is 88.1 Å². The summed E-state index contributed by atoms with van der Waals surface area (Å²) >= 11 is 1.78. The first-order valence-corrected chi connectivity index (χ1v) is 5.78. The van der Waals surface area contributed by atoms with E-state index < -0.39 is 0 Å². The number of thioether (sulfide) groups is 1. The smallest absolute Gasteiger partial charge is 0.0742 e. The van der Waals surface area contributed by atoms with Crippen molar-refractivity contribution in [3.63, 3.8) is 0 Å². The van der Waals surface area contributed by atoms with Crippen LogP contribution < -0.4 is 0 Å². The summed E-state index contributed by atoms with van der Waals surface area (Å²) in [5.74, 6) is 1.01. The van der Waals surface area contributed by atoms with Gasteiger partial charge in [0, 0.05) is 12.4 Å². The summed E-state index contributed by atoms with van der Waals surface area (Å²) in [6.45, 7) is 0.251. The van der Waals surface area contributed by atoms with Crippen molar-refractivity contribution < 1.29 is 5.11 Å². The van der Waals surface area contributed by atoms with Crippen LogP contribution in [0.5, 0.6) is 0 Å². The number of rotatable bonds is 3. The number of para-hydroxylation sites is 1. The molecular formula is C11H13NOS. The SMILES string of the molecule is OCCCC1=Nc2ccccc2CS1. The number of hydrogen-bond donors (Lipinski definition) is 1. The van der Waals surface area contributed by atoms with E-state index in [4.69, 9.17) is 5.11 Å². The molecule has 3 heteroatoms. The maximum absolute atomic E-state index is 8.73. The van der Waals surface area contributed by atoms with Crippen LogP contribution in [0.25, 0.3) is 0 Å². The van der Waals surface area contributed by atoms with Gasteiger partial charge >= 0.3 is 0 Å². The molecule has 1 heterocycles. The lowest BCUT2D eigenvalue weighted by molar-refractivity contribution is 0.291. The van der Waals surface area contributed by atoms with E-state index in [0.29, 0.717) is 0 Å². The van der Waals surface area contributed by atoms with Crippen LogP contribution in [0.1, 0.15) is 18.4 Å². The Balaban J connectivity index is 2.14. The molecule has 0 fully saturated rings. The van der Waals surface area contributed by atoms with Crippen molar-refractivity contribution in [2.75, 3.05) is 6.61 Å². The van der Waals surface area contributed by atoms with Crippen LogP contribution in [-0.2, 0) is 5.75 Å². The van der Waals surface area contributed by atoms with Crippen LogP contribution in [0.2, 0.25) is 0 Å². The number of aliphatic hydroxyl groups excluding tert-OH is 1. The molecule has 2 rings (SSSR count). The van der Waals surface area contributed by atoms with E-state index in [9.17, 15) is 0 Å². The first-order chi connectivity index (χ1) is 6.90. The highest BCUT2D eigenvalue weighted by molar-refractivity contribution is 8.13. The van der Waals surface area contributed by atoms with E-state index >= 15 is 0 Å². The third-order valence-corrected chi connectivity index (χ3v) is 3.26. The summed E-state index contributed by atoms with van der Waals surface area (Å²) in [5, 5.41) is 9.88. The van der Waals surface area contributed by atoms with E-state index in [2.05, 4.69) is 11.1 Å². The second-order valence-corrected chi connectivity index (χ2v) is 4.30. The van der Waals surface area contributed by atoms with Crippen molar-refractivity contribution in [2.45, 2.75) is 18.6 Å². The number of hydrogen-bond acceptors (Lipinski definition) is 3. The van der Waals surface area contributed by atoms with Gasteiger partial charge in [-0.05, 0) is 24.5 Å². The topological polar surface area (TPSA) is 32.6 Å². The quantitative estimate of drug-likeness (QED) is 0.826. The van der Waals surface area contributed by atoms with Crippen molar-refractivity contribution >= 4 is 22.5 Å². The predicted octanol–water partition coefficient (Wildman–Crippen LogP) is 2.74. The van der Waals surface area contributed by atoms with Gasteiger partial charge in [0.15, 0.2) is 0 Å². The number of aliphatic imine (C=N–C) groups is 1. The zero-order valence-electron chi connectivity index (χ0n) is 7.94. The lowest BCUT2D eigenvalue weighted by atomic mass is 10.2. The number of nitrogens with zero attached hydrogens (tertiary/aromatic N) is 1. The molecule has 2 nitrogen and oxygen atoms in total. The van der Waals surface area contributed by atoms with Crippen LogP contribution >= 0.6 is 11.8 Å². The molecule has 0 aromatic heterocycles. The molecule has 0 saturated carbocycles. The summed E-state index contributed by atoms with van der Waals surface area (Å²) in [6.07, 6.45) is 1.71. The molecule has 0 atom stereocenters. The fourth-order valence-electron chi connectivity index (χ4n) is 1.43. The van der Waals surface area contributed by atoms with Gasteiger partial charge in [-0.3, -0.25) is 0 Å². The molecule has 1 N–H and O–H groups in total. The summed E-state index contributed by atoms with van der Waals surface area (Å²) in [7, 11) is 0. The highest BCUT2D eigenvalue weighted by Crippen LogP contribution is 2.31. The van der Waals surface area contributed by atoms with Gasteiger partial charge in [-0.1, -0.05) is 18.2 Å². The minimum atomic E-state index is 0.251. The van der Waals surface area contributed by atoms with Crippen LogP contribution in [-0.4, -0.2) is 16.8 Å². The van der Waals surface area contributed by atoms with E-state index in [1.165, 1.54) is 5.56 Å². The molecule has 0 saturated heterocycles. The third-order valence-electron chi connectivity index (χ3n) is 2.18. The molecule has 0 bridgehead atoms. The summed E-state index contributed by atoms with van der Waals surface area (Å²) in [6, 6.07) is 8.23. The van der Waals surface area contributed by atoms with E-state index in [1.807, 2.05) is 18.2 Å². The normalized spacial score (nSPS) is 14.8. The third kappa shape index (κ3) is 2.16. The molecular weight excluding hydrogens is 194 g/mol. The van der Waals surface area contributed by atoms with Gasteiger partial charge in [-0.15, -0.1) is 11.8 Å². The average Bonchev–Trinajstić information content (AvgIpc) is 2.26. The van der Waals surface area contributed by atoms with Crippen molar-refractivity contribution in [3.8, 4) is 0 Å². The second kappa shape index (κ2) is 4.62.